The summed E-state index contributed by atoms with van der Waals surface area (Å²) in [4.78, 5) is 25.4. The number of nitrogens with zero attached hydrogens (tertiary/aromatic N) is 1. The van der Waals surface area contributed by atoms with Gasteiger partial charge in [0.15, 0.2) is 0 Å². The van der Waals surface area contributed by atoms with Crippen LogP contribution >= 0.6 is 0 Å². The van der Waals surface area contributed by atoms with Gasteiger partial charge in [-0.1, -0.05) is 31.0 Å². The number of nitrogens with two attached hydrogens (primary N) is 1. The number of hydrogen-bond acceptors (Lipinski definition) is 2. The largest absolute Gasteiger partial charge is 0.352 e. The number of likely N-dealkylation sites (tertiary alicyclic amines) is 1. The van der Waals surface area contributed by atoms with Gasteiger partial charge in [0.1, 0.15) is 5.82 Å². The molecular weight excluding hydrogens is 285 g/mol. The molecule has 0 saturated carbocycles. The highest BCUT2D eigenvalue weighted by Gasteiger charge is 2.24. The molecule has 0 radical (unpaired) electrons. The zero-order valence-corrected chi connectivity index (χ0v) is 12.6. The zero-order chi connectivity index (χ0) is 15.9. The summed E-state index contributed by atoms with van der Waals surface area (Å²) in [6, 6.07) is 4.60. The monoisotopic (exact) mass is 307 g/mol. The van der Waals surface area contributed by atoms with Gasteiger partial charge in [0.05, 0.1) is 12.5 Å². The summed E-state index contributed by atoms with van der Waals surface area (Å²) in [5, 5.41) is 2.47. The summed E-state index contributed by atoms with van der Waals surface area (Å²) in [7, 11) is 0. The normalized spacial score (nSPS) is 16.7. The number of urea groups is 1. The Morgan fingerprint density at radius 2 is 1.82 bits per heavy atom. The molecule has 5 nitrogen and oxygen atoms in total. The lowest BCUT2D eigenvalue weighted by atomic mass is 10.0. The van der Waals surface area contributed by atoms with Gasteiger partial charge >= 0.3 is 6.03 Å². The van der Waals surface area contributed by atoms with E-state index in [4.69, 9.17) is 5.73 Å². The van der Waals surface area contributed by atoms with Crippen LogP contribution in [-0.2, 0) is 4.79 Å². The number of nitrogens with one attached hydrogen (secondary N) is 1. The number of amides is 3. The van der Waals surface area contributed by atoms with Crippen LogP contribution in [0.25, 0.3) is 0 Å². The van der Waals surface area contributed by atoms with Crippen LogP contribution in [0.2, 0.25) is 0 Å². The number of primary amides is 1. The van der Waals surface area contributed by atoms with E-state index in [0.29, 0.717) is 0 Å². The van der Waals surface area contributed by atoms with E-state index in [2.05, 4.69) is 5.32 Å². The minimum absolute atomic E-state index is 0.0177. The third kappa shape index (κ3) is 4.44. The molecule has 1 aliphatic rings. The van der Waals surface area contributed by atoms with Crippen LogP contribution in [0, 0.1) is 5.82 Å². The maximum absolute atomic E-state index is 13.9. The third-order valence-corrected chi connectivity index (χ3v) is 3.93. The zero-order valence-electron chi connectivity index (χ0n) is 12.6. The first kappa shape index (κ1) is 16.3. The van der Waals surface area contributed by atoms with E-state index in [1.54, 1.807) is 23.1 Å². The molecule has 6 heteroatoms. The number of rotatable bonds is 4. The van der Waals surface area contributed by atoms with Crippen molar-refractivity contribution in [2.45, 2.75) is 38.1 Å². The second-order valence-corrected chi connectivity index (χ2v) is 5.58. The molecule has 0 spiro atoms. The van der Waals surface area contributed by atoms with Crippen LogP contribution < -0.4 is 11.1 Å². The van der Waals surface area contributed by atoms with Crippen LogP contribution in [0.15, 0.2) is 24.3 Å². The van der Waals surface area contributed by atoms with Gasteiger partial charge in [-0.15, -0.1) is 0 Å². The van der Waals surface area contributed by atoms with Crippen LogP contribution in [0.3, 0.4) is 0 Å². The molecule has 0 unspecified atom stereocenters. The maximum atomic E-state index is 13.9. The molecule has 0 aromatic heterocycles. The Labute approximate surface area is 129 Å². The molecule has 120 valence electrons. The number of halogens is 1. The van der Waals surface area contributed by atoms with Crippen molar-refractivity contribution < 1.29 is 14.0 Å². The lowest BCUT2D eigenvalue weighted by molar-refractivity contribution is -0.131. The van der Waals surface area contributed by atoms with E-state index in [1.165, 1.54) is 6.07 Å². The molecule has 1 aromatic rings. The Morgan fingerprint density at radius 1 is 1.18 bits per heavy atom. The smallest absolute Gasteiger partial charge is 0.312 e. The van der Waals surface area contributed by atoms with Gasteiger partial charge in [-0.05, 0) is 18.9 Å². The topological polar surface area (TPSA) is 75.4 Å². The third-order valence-electron chi connectivity index (χ3n) is 3.93. The molecule has 3 amide bonds. The van der Waals surface area contributed by atoms with Crippen LogP contribution in [0.4, 0.5) is 9.18 Å². The second kappa shape index (κ2) is 7.77. The predicted octanol–water partition coefficient (Wildman–Crippen LogP) is 2.33. The van der Waals surface area contributed by atoms with E-state index in [1.807, 2.05) is 0 Å². The van der Waals surface area contributed by atoms with Crippen molar-refractivity contribution in [3.8, 4) is 0 Å². The Hall–Kier alpha value is -2.11. The van der Waals surface area contributed by atoms with Crippen molar-refractivity contribution in [3.05, 3.63) is 35.6 Å². The minimum Gasteiger partial charge on any atom is -0.352 e. The fourth-order valence-electron chi connectivity index (χ4n) is 2.79. The van der Waals surface area contributed by atoms with E-state index >= 15 is 0 Å². The SMILES string of the molecule is NC(=O)N[C@H](CC(=O)N1CCCCCC1)c1ccccc1F. The molecule has 2 rings (SSSR count). The summed E-state index contributed by atoms with van der Waals surface area (Å²) in [5.41, 5.74) is 5.44. The predicted molar refractivity (Wildman–Crippen MR) is 81.5 cm³/mol. The summed E-state index contributed by atoms with van der Waals surface area (Å²) in [6.07, 6.45) is 4.24. The lowest BCUT2D eigenvalue weighted by Crippen LogP contribution is -2.39. The van der Waals surface area contributed by atoms with Crippen LogP contribution in [0.1, 0.15) is 43.7 Å². The Morgan fingerprint density at radius 3 is 2.41 bits per heavy atom. The fraction of sp³-hybridized carbons (Fsp3) is 0.500. The van der Waals surface area contributed by atoms with E-state index in [0.717, 1.165) is 38.8 Å². The number of benzene rings is 1. The van der Waals surface area contributed by atoms with Crippen molar-refractivity contribution in [3.63, 3.8) is 0 Å². The van der Waals surface area contributed by atoms with Crippen molar-refractivity contribution in [2.24, 2.45) is 5.73 Å². The molecule has 1 aliphatic heterocycles. The quantitative estimate of drug-likeness (QED) is 0.895. The van der Waals surface area contributed by atoms with E-state index in [-0.39, 0.29) is 17.9 Å². The number of hydrogen-bond donors (Lipinski definition) is 2. The maximum Gasteiger partial charge on any atom is 0.312 e. The molecule has 1 saturated heterocycles. The average molecular weight is 307 g/mol. The number of carbonyl (C=O) groups excluding carboxylic acids is 2. The first-order valence-electron chi connectivity index (χ1n) is 7.66. The molecule has 1 heterocycles. The molecule has 0 aliphatic carbocycles. The van der Waals surface area contributed by atoms with E-state index < -0.39 is 17.9 Å². The molecule has 1 atom stereocenters. The van der Waals surface area contributed by atoms with Gasteiger partial charge in [-0.2, -0.15) is 0 Å². The molecule has 3 N–H and O–H groups in total. The van der Waals surface area contributed by atoms with Gasteiger partial charge < -0.3 is 16.0 Å². The van der Waals surface area contributed by atoms with Gasteiger partial charge in [0.2, 0.25) is 5.91 Å². The highest BCUT2D eigenvalue weighted by atomic mass is 19.1. The lowest BCUT2D eigenvalue weighted by Gasteiger charge is -2.24. The summed E-state index contributed by atoms with van der Waals surface area (Å²) >= 11 is 0. The molecule has 1 fully saturated rings. The standard InChI is InChI=1S/C16H22FN3O2/c17-13-8-4-3-7-12(13)14(19-16(18)22)11-15(21)20-9-5-1-2-6-10-20/h3-4,7-8,14H,1-2,5-6,9-11H2,(H3,18,19,22)/t14-/m1/s1. The molecule has 1 aromatic carbocycles. The van der Waals surface area contributed by atoms with Crippen molar-refractivity contribution >= 4 is 11.9 Å². The minimum atomic E-state index is -0.767. The Balaban J connectivity index is 2.10. The van der Waals surface area contributed by atoms with Crippen LogP contribution in [-0.4, -0.2) is 29.9 Å². The Kier molecular flexibility index (Phi) is 5.75. The summed E-state index contributed by atoms with van der Waals surface area (Å²) < 4.78 is 13.9. The number of carbonyl (C=O) groups is 2. The second-order valence-electron chi connectivity index (χ2n) is 5.58. The molecule has 22 heavy (non-hydrogen) atoms. The van der Waals surface area contributed by atoms with Gasteiger partial charge in [0.25, 0.3) is 0 Å². The molecular formula is C16H22FN3O2. The van der Waals surface area contributed by atoms with E-state index in [9.17, 15) is 14.0 Å². The average Bonchev–Trinajstić information content (AvgIpc) is 2.75. The van der Waals surface area contributed by atoms with Crippen LogP contribution in [0.5, 0.6) is 0 Å². The highest BCUT2D eigenvalue weighted by molar-refractivity contribution is 5.79. The summed E-state index contributed by atoms with van der Waals surface area (Å²) in [6.45, 7) is 1.44. The first-order chi connectivity index (χ1) is 10.6. The van der Waals surface area contributed by atoms with Crippen molar-refractivity contribution in [2.75, 3.05) is 13.1 Å². The van der Waals surface area contributed by atoms with Crippen molar-refractivity contribution in [1.29, 1.82) is 0 Å². The fourth-order valence-corrected chi connectivity index (χ4v) is 2.79. The van der Waals surface area contributed by atoms with Gasteiger partial charge in [-0.25, -0.2) is 9.18 Å². The Bertz CT molecular complexity index is 528. The first-order valence-corrected chi connectivity index (χ1v) is 7.66. The van der Waals surface area contributed by atoms with Gasteiger partial charge in [0, 0.05) is 18.7 Å². The highest BCUT2D eigenvalue weighted by Crippen LogP contribution is 2.22. The summed E-state index contributed by atoms with van der Waals surface area (Å²) in [5.74, 6) is -0.534. The molecule has 0 bridgehead atoms. The van der Waals surface area contributed by atoms with Gasteiger partial charge in [-0.3, -0.25) is 4.79 Å². The van der Waals surface area contributed by atoms with Crippen molar-refractivity contribution in [1.82, 2.24) is 10.2 Å².